The maximum Gasteiger partial charge on any atom is 0.269 e. The Morgan fingerprint density at radius 3 is 2.77 bits per heavy atom. The Morgan fingerprint density at radius 2 is 2.03 bits per heavy atom. The number of anilines is 1. The number of para-hydroxylation sites is 2. The van der Waals surface area contributed by atoms with E-state index >= 15 is 0 Å². The van der Waals surface area contributed by atoms with Crippen molar-refractivity contribution in [1.29, 1.82) is 0 Å². The summed E-state index contributed by atoms with van der Waals surface area (Å²) in [4.78, 5) is 29.4. The number of aromatic nitrogens is 1. The number of nitrogens with one attached hydrogen (secondary N) is 1. The first kappa shape index (κ1) is 19.7. The summed E-state index contributed by atoms with van der Waals surface area (Å²) < 4.78 is 32.3. The van der Waals surface area contributed by atoms with Crippen LogP contribution in [0.5, 0.6) is 5.75 Å². The number of amides is 2. The van der Waals surface area contributed by atoms with Gasteiger partial charge in [0.1, 0.15) is 17.3 Å². The second-order valence-electron chi connectivity index (χ2n) is 7.27. The van der Waals surface area contributed by atoms with Crippen LogP contribution in [0, 0.1) is 0 Å². The third-order valence-electron chi connectivity index (χ3n) is 5.08. The number of sulfonamides is 1. The molecule has 0 unspecified atom stereocenters. The van der Waals surface area contributed by atoms with Crippen molar-refractivity contribution in [2.75, 3.05) is 5.32 Å². The minimum atomic E-state index is -3.93. The highest BCUT2D eigenvalue weighted by Gasteiger charge is 2.48. The van der Waals surface area contributed by atoms with E-state index in [-0.39, 0.29) is 28.7 Å². The van der Waals surface area contributed by atoms with Crippen LogP contribution in [0.25, 0.3) is 0 Å². The van der Waals surface area contributed by atoms with Crippen LogP contribution in [0.4, 0.5) is 5.69 Å². The predicted octanol–water partition coefficient (Wildman–Crippen LogP) is 3.28. The lowest BCUT2D eigenvalue weighted by Gasteiger charge is -2.13. The van der Waals surface area contributed by atoms with Crippen LogP contribution in [0.2, 0.25) is 0 Å². The van der Waals surface area contributed by atoms with E-state index in [1.807, 2.05) is 5.38 Å². The van der Waals surface area contributed by atoms with Crippen LogP contribution in [-0.4, -0.2) is 35.6 Å². The Bertz CT molecular complexity index is 1280. The molecule has 0 radical (unpaired) electrons. The first-order valence-corrected chi connectivity index (χ1v) is 12.0. The highest BCUT2D eigenvalue weighted by Crippen LogP contribution is 2.39. The van der Waals surface area contributed by atoms with E-state index in [2.05, 4.69) is 10.3 Å². The van der Waals surface area contributed by atoms with Crippen molar-refractivity contribution in [1.82, 2.24) is 9.29 Å². The smallest absolute Gasteiger partial charge is 0.269 e. The monoisotopic (exact) mass is 455 g/mol. The van der Waals surface area contributed by atoms with E-state index in [0.717, 1.165) is 10.00 Å². The predicted molar refractivity (Wildman–Crippen MR) is 114 cm³/mol. The second kappa shape index (κ2) is 7.47. The lowest BCUT2D eigenvalue weighted by Crippen LogP contribution is -2.31. The number of carbonyl (C=O) groups is 2. The molecule has 1 fully saturated rings. The zero-order valence-electron chi connectivity index (χ0n) is 16.1. The molecular formula is C21H17N3O5S2. The summed E-state index contributed by atoms with van der Waals surface area (Å²) in [6, 6.07) is 10.8. The molecule has 2 amide bonds. The summed E-state index contributed by atoms with van der Waals surface area (Å²) in [7, 11) is -3.93. The minimum absolute atomic E-state index is 0.107. The molecule has 158 valence electrons. The number of rotatable bonds is 6. The maximum atomic E-state index is 12.8. The highest BCUT2D eigenvalue weighted by molar-refractivity contribution is 7.90. The molecule has 1 saturated carbocycles. The molecule has 0 atom stereocenters. The molecular weight excluding hydrogens is 438 g/mol. The van der Waals surface area contributed by atoms with E-state index in [1.54, 1.807) is 29.8 Å². The number of ether oxygens (including phenoxy) is 1. The van der Waals surface area contributed by atoms with E-state index in [1.165, 1.54) is 29.5 Å². The first-order valence-electron chi connectivity index (χ1n) is 9.58. The van der Waals surface area contributed by atoms with E-state index in [9.17, 15) is 18.0 Å². The van der Waals surface area contributed by atoms with Gasteiger partial charge in [-0.15, -0.1) is 11.3 Å². The van der Waals surface area contributed by atoms with Crippen LogP contribution in [0.1, 0.15) is 39.3 Å². The molecule has 1 aromatic heterocycles. The number of thiazole rings is 1. The van der Waals surface area contributed by atoms with Gasteiger partial charge in [0.25, 0.3) is 21.8 Å². The van der Waals surface area contributed by atoms with Crippen molar-refractivity contribution in [2.45, 2.75) is 30.4 Å². The molecule has 1 N–H and O–H groups in total. The molecule has 2 heterocycles. The molecule has 1 aliphatic heterocycles. The SMILES string of the molecule is O=C(Nc1ccccc1OCc1cscn1)c1ccc2c(c1)S(=O)(=O)N(C1CC1)C2=O. The largest absolute Gasteiger partial charge is 0.485 e. The van der Waals surface area contributed by atoms with E-state index in [0.29, 0.717) is 24.3 Å². The van der Waals surface area contributed by atoms with Crippen LogP contribution >= 0.6 is 11.3 Å². The normalized spacial score (nSPS) is 16.8. The topological polar surface area (TPSA) is 106 Å². The number of fused-ring (bicyclic) bond motifs is 1. The molecule has 2 aromatic carbocycles. The third kappa shape index (κ3) is 3.57. The van der Waals surface area contributed by atoms with Crippen molar-refractivity contribution in [3.05, 3.63) is 70.2 Å². The summed E-state index contributed by atoms with van der Waals surface area (Å²) in [5.41, 5.74) is 3.18. The van der Waals surface area contributed by atoms with Gasteiger partial charge < -0.3 is 10.1 Å². The molecule has 1 aliphatic carbocycles. The van der Waals surface area contributed by atoms with Crippen molar-refractivity contribution in [3.8, 4) is 5.75 Å². The average molecular weight is 456 g/mol. The van der Waals surface area contributed by atoms with Gasteiger partial charge in [0.15, 0.2) is 0 Å². The fourth-order valence-corrected chi connectivity index (χ4v) is 5.79. The molecule has 31 heavy (non-hydrogen) atoms. The maximum absolute atomic E-state index is 12.8. The first-order chi connectivity index (χ1) is 14.9. The number of hydrogen-bond donors (Lipinski definition) is 1. The molecule has 10 heteroatoms. The molecule has 0 saturated heterocycles. The Morgan fingerprint density at radius 1 is 1.23 bits per heavy atom. The molecule has 8 nitrogen and oxygen atoms in total. The highest BCUT2D eigenvalue weighted by atomic mass is 32.2. The van der Waals surface area contributed by atoms with Crippen molar-refractivity contribution >= 4 is 38.9 Å². The third-order valence-corrected chi connectivity index (χ3v) is 7.59. The average Bonchev–Trinajstić information content (AvgIpc) is 3.39. The van der Waals surface area contributed by atoms with Crippen molar-refractivity contribution in [3.63, 3.8) is 0 Å². The molecule has 5 rings (SSSR count). The quantitative estimate of drug-likeness (QED) is 0.612. The number of benzene rings is 2. The lowest BCUT2D eigenvalue weighted by molar-refractivity contribution is 0.0864. The Kier molecular flexibility index (Phi) is 4.75. The molecule has 3 aromatic rings. The van der Waals surface area contributed by atoms with Crippen LogP contribution < -0.4 is 10.1 Å². The van der Waals surface area contributed by atoms with Gasteiger partial charge in [0.05, 0.1) is 22.5 Å². The Balaban J connectivity index is 1.38. The summed E-state index contributed by atoms with van der Waals surface area (Å²) in [6.07, 6.45) is 1.34. The van der Waals surface area contributed by atoms with Gasteiger partial charge in [-0.3, -0.25) is 9.59 Å². The van der Waals surface area contributed by atoms with E-state index in [4.69, 9.17) is 4.74 Å². The van der Waals surface area contributed by atoms with E-state index < -0.39 is 21.8 Å². The fraction of sp³-hybridized carbons (Fsp3) is 0.190. The molecule has 0 spiro atoms. The van der Waals surface area contributed by atoms with Gasteiger partial charge in [-0.25, -0.2) is 17.7 Å². The number of hydrogen-bond acceptors (Lipinski definition) is 7. The summed E-state index contributed by atoms with van der Waals surface area (Å²) in [5.74, 6) is -0.557. The number of nitrogens with zero attached hydrogens (tertiary/aromatic N) is 2. The van der Waals surface area contributed by atoms with Crippen LogP contribution in [-0.2, 0) is 16.6 Å². The zero-order valence-corrected chi connectivity index (χ0v) is 17.8. The van der Waals surface area contributed by atoms with Crippen LogP contribution in [0.15, 0.2) is 58.3 Å². The second-order valence-corrected chi connectivity index (χ2v) is 9.77. The Hall–Kier alpha value is -3.24. The molecule has 2 aliphatic rings. The van der Waals surface area contributed by atoms with Gasteiger partial charge in [0.2, 0.25) is 0 Å². The van der Waals surface area contributed by atoms with Crippen LogP contribution in [0.3, 0.4) is 0 Å². The Labute approximate surface area is 182 Å². The summed E-state index contributed by atoms with van der Waals surface area (Å²) >= 11 is 1.46. The van der Waals surface area contributed by atoms with Crippen molar-refractivity contribution in [2.24, 2.45) is 0 Å². The van der Waals surface area contributed by atoms with Crippen molar-refractivity contribution < 1.29 is 22.7 Å². The zero-order chi connectivity index (χ0) is 21.6. The standard InChI is InChI=1S/C21H17N3O5S2/c25-20(23-17-3-1-2-4-18(17)29-10-14-11-30-12-22-14)13-5-8-16-19(9-13)31(27,28)24(21(16)26)15-6-7-15/h1-5,8-9,11-12,15H,6-7,10H2,(H,23,25). The number of carbonyl (C=O) groups excluding carboxylic acids is 2. The van der Waals surface area contributed by atoms with Gasteiger partial charge >= 0.3 is 0 Å². The van der Waals surface area contributed by atoms with Gasteiger partial charge in [-0.1, -0.05) is 12.1 Å². The fourth-order valence-electron chi connectivity index (χ4n) is 3.41. The minimum Gasteiger partial charge on any atom is -0.485 e. The van der Waals surface area contributed by atoms with Gasteiger partial charge in [-0.05, 0) is 43.2 Å². The summed E-state index contributed by atoms with van der Waals surface area (Å²) in [6.45, 7) is 0.257. The summed E-state index contributed by atoms with van der Waals surface area (Å²) in [5, 5.41) is 4.63. The lowest BCUT2D eigenvalue weighted by atomic mass is 10.1. The van der Waals surface area contributed by atoms with Gasteiger partial charge in [-0.2, -0.15) is 0 Å². The molecule has 0 bridgehead atoms. The van der Waals surface area contributed by atoms with Gasteiger partial charge in [0, 0.05) is 17.0 Å².